The van der Waals surface area contributed by atoms with Gasteiger partial charge in [0, 0.05) is 12.6 Å². The number of rotatable bonds is 5. The van der Waals surface area contributed by atoms with E-state index in [0.29, 0.717) is 6.54 Å². The van der Waals surface area contributed by atoms with Gasteiger partial charge in [-0.05, 0) is 35.7 Å². The van der Waals surface area contributed by atoms with Gasteiger partial charge < -0.3 is 10.4 Å². The summed E-state index contributed by atoms with van der Waals surface area (Å²) in [6.45, 7) is 2.68. The molecule has 0 saturated heterocycles. The van der Waals surface area contributed by atoms with Gasteiger partial charge in [0.15, 0.2) is 0 Å². The van der Waals surface area contributed by atoms with Gasteiger partial charge in [-0.3, -0.25) is 0 Å². The van der Waals surface area contributed by atoms with Crippen LogP contribution < -0.4 is 5.32 Å². The van der Waals surface area contributed by atoms with E-state index in [0.717, 1.165) is 16.7 Å². The summed E-state index contributed by atoms with van der Waals surface area (Å²) in [5.41, 5.74) is 2.92. The molecule has 20 heavy (non-hydrogen) atoms. The number of hydrogen-bond acceptors (Lipinski definition) is 2. The standard InChI is InChI=1S/C16H17ClFNO/c1-11(14-4-2-3-13(7-14)10-20)19-9-12-5-6-16(18)15(17)8-12/h2-8,11,19-20H,9-10H2,1H3. The van der Waals surface area contributed by atoms with Crippen molar-refractivity contribution in [1.29, 1.82) is 0 Å². The van der Waals surface area contributed by atoms with Crippen molar-refractivity contribution in [3.05, 3.63) is 70.0 Å². The molecular formula is C16H17ClFNO. The van der Waals surface area contributed by atoms with Gasteiger partial charge in [-0.2, -0.15) is 0 Å². The second-order valence-electron chi connectivity index (χ2n) is 4.75. The molecule has 0 aliphatic rings. The number of benzene rings is 2. The quantitative estimate of drug-likeness (QED) is 0.878. The molecule has 106 valence electrons. The molecule has 0 aliphatic carbocycles. The zero-order valence-electron chi connectivity index (χ0n) is 11.2. The summed E-state index contributed by atoms with van der Waals surface area (Å²) >= 11 is 5.76. The van der Waals surface area contributed by atoms with Gasteiger partial charge in [0.2, 0.25) is 0 Å². The van der Waals surface area contributed by atoms with Gasteiger partial charge in [-0.15, -0.1) is 0 Å². The molecule has 0 aromatic heterocycles. The van der Waals surface area contributed by atoms with E-state index in [1.54, 1.807) is 12.1 Å². The number of halogens is 2. The Morgan fingerprint density at radius 3 is 2.70 bits per heavy atom. The topological polar surface area (TPSA) is 32.3 Å². The SMILES string of the molecule is CC(NCc1ccc(F)c(Cl)c1)c1cccc(CO)c1. The first-order chi connectivity index (χ1) is 9.60. The van der Waals surface area contributed by atoms with Crippen molar-refractivity contribution < 1.29 is 9.50 Å². The molecule has 2 aromatic rings. The maximum Gasteiger partial charge on any atom is 0.141 e. The summed E-state index contributed by atoms with van der Waals surface area (Å²) in [6.07, 6.45) is 0. The van der Waals surface area contributed by atoms with E-state index in [1.165, 1.54) is 6.07 Å². The maximum absolute atomic E-state index is 13.1. The zero-order chi connectivity index (χ0) is 14.5. The molecule has 0 amide bonds. The van der Waals surface area contributed by atoms with Crippen molar-refractivity contribution in [2.45, 2.75) is 26.1 Å². The van der Waals surface area contributed by atoms with Crippen LogP contribution in [0.25, 0.3) is 0 Å². The third kappa shape index (κ3) is 3.79. The van der Waals surface area contributed by atoms with Crippen LogP contribution >= 0.6 is 11.6 Å². The molecule has 0 radical (unpaired) electrons. The number of aliphatic hydroxyl groups excluding tert-OH is 1. The fourth-order valence-corrected chi connectivity index (χ4v) is 2.20. The van der Waals surface area contributed by atoms with Crippen LogP contribution in [0.2, 0.25) is 5.02 Å². The molecule has 0 spiro atoms. The van der Waals surface area contributed by atoms with Crippen molar-refractivity contribution >= 4 is 11.6 Å². The van der Waals surface area contributed by atoms with E-state index in [1.807, 2.05) is 31.2 Å². The highest BCUT2D eigenvalue weighted by Gasteiger charge is 2.06. The van der Waals surface area contributed by atoms with Crippen LogP contribution in [-0.4, -0.2) is 5.11 Å². The van der Waals surface area contributed by atoms with Gasteiger partial charge >= 0.3 is 0 Å². The van der Waals surface area contributed by atoms with Gasteiger partial charge in [0.1, 0.15) is 5.82 Å². The smallest absolute Gasteiger partial charge is 0.141 e. The minimum Gasteiger partial charge on any atom is -0.392 e. The number of nitrogens with one attached hydrogen (secondary N) is 1. The predicted octanol–water partition coefficient (Wildman–Crippen LogP) is 3.82. The van der Waals surface area contributed by atoms with E-state index in [-0.39, 0.29) is 17.7 Å². The summed E-state index contributed by atoms with van der Waals surface area (Å²) in [6, 6.07) is 12.6. The highest BCUT2D eigenvalue weighted by atomic mass is 35.5. The van der Waals surface area contributed by atoms with Crippen molar-refractivity contribution in [2.24, 2.45) is 0 Å². The van der Waals surface area contributed by atoms with E-state index in [2.05, 4.69) is 5.32 Å². The molecule has 0 fully saturated rings. The van der Waals surface area contributed by atoms with Gasteiger partial charge in [0.05, 0.1) is 11.6 Å². The van der Waals surface area contributed by atoms with Gasteiger partial charge in [-0.1, -0.05) is 41.9 Å². The van der Waals surface area contributed by atoms with Crippen LogP contribution in [0.4, 0.5) is 4.39 Å². The van der Waals surface area contributed by atoms with Gasteiger partial charge in [-0.25, -0.2) is 4.39 Å². The molecule has 1 atom stereocenters. The second-order valence-corrected chi connectivity index (χ2v) is 5.16. The van der Waals surface area contributed by atoms with Crippen LogP contribution in [0.3, 0.4) is 0 Å². The fraction of sp³-hybridized carbons (Fsp3) is 0.250. The Balaban J connectivity index is 2.00. The van der Waals surface area contributed by atoms with Crippen molar-refractivity contribution in [3.8, 4) is 0 Å². The van der Waals surface area contributed by atoms with Crippen molar-refractivity contribution in [1.82, 2.24) is 5.32 Å². The fourth-order valence-electron chi connectivity index (χ4n) is 2.00. The Labute approximate surface area is 123 Å². The highest BCUT2D eigenvalue weighted by Crippen LogP contribution is 2.18. The lowest BCUT2D eigenvalue weighted by molar-refractivity contribution is 0.281. The lowest BCUT2D eigenvalue weighted by Crippen LogP contribution is -2.18. The summed E-state index contributed by atoms with van der Waals surface area (Å²) in [4.78, 5) is 0. The first-order valence-corrected chi connectivity index (χ1v) is 6.85. The Kier molecular flexibility index (Phi) is 5.12. The summed E-state index contributed by atoms with van der Waals surface area (Å²) in [5, 5.41) is 12.6. The molecule has 2 rings (SSSR count). The van der Waals surface area contributed by atoms with Crippen LogP contribution in [0, 0.1) is 5.82 Å². The molecule has 0 saturated carbocycles. The van der Waals surface area contributed by atoms with E-state index in [9.17, 15) is 4.39 Å². The summed E-state index contributed by atoms with van der Waals surface area (Å²) in [5.74, 6) is -0.404. The summed E-state index contributed by atoms with van der Waals surface area (Å²) in [7, 11) is 0. The van der Waals surface area contributed by atoms with Crippen LogP contribution in [-0.2, 0) is 13.2 Å². The molecule has 0 bridgehead atoms. The normalized spacial score (nSPS) is 12.4. The third-order valence-electron chi connectivity index (χ3n) is 3.23. The molecule has 2 N–H and O–H groups in total. The molecule has 1 unspecified atom stereocenters. The molecular weight excluding hydrogens is 277 g/mol. The van der Waals surface area contributed by atoms with E-state index >= 15 is 0 Å². The van der Waals surface area contributed by atoms with Crippen molar-refractivity contribution in [3.63, 3.8) is 0 Å². The second kappa shape index (κ2) is 6.84. The van der Waals surface area contributed by atoms with E-state index in [4.69, 9.17) is 16.7 Å². The first kappa shape index (κ1) is 15.0. The minimum atomic E-state index is -0.404. The average molecular weight is 294 g/mol. The Bertz CT molecular complexity index is 588. The minimum absolute atomic E-state index is 0.0358. The van der Waals surface area contributed by atoms with Crippen molar-refractivity contribution in [2.75, 3.05) is 0 Å². The first-order valence-electron chi connectivity index (χ1n) is 6.47. The monoisotopic (exact) mass is 293 g/mol. The number of hydrogen-bond donors (Lipinski definition) is 2. The van der Waals surface area contributed by atoms with Crippen LogP contribution in [0.1, 0.15) is 29.7 Å². The Hall–Kier alpha value is -1.42. The molecule has 0 heterocycles. The lowest BCUT2D eigenvalue weighted by Gasteiger charge is -2.15. The van der Waals surface area contributed by atoms with Crippen LogP contribution in [0.5, 0.6) is 0 Å². The number of aliphatic hydroxyl groups is 1. The third-order valence-corrected chi connectivity index (χ3v) is 3.52. The molecule has 2 nitrogen and oxygen atoms in total. The largest absolute Gasteiger partial charge is 0.392 e. The van der Waals surface area contributed by atoms with E-state index < -0.39 is 5.82 Å². The predicted molar refractivity (Wildman–Crippen MR) is 79.0 cm³/mol. The van der Waals surface area contributed by atoms with Gasteiger partial charge in [0.25, 0.3) is 0 Å². The molecule has 4 heteroatoms. The van der Waals surface area contributed by atoms with Crippen LogP contribution in [0.15, 0.2) is 42.5 Å². The zero-order valence-corrected chi connectivity index (χ0v) is 12.0. The maximum atomic E-state index is 13.1. The molecule has 0 aliphatic heterocycles. The Morgan fingerprint density at radius 1 is 1.20 bits per heavy atom. The summed E-state index contributed by atoms with van der Waals surface area (Å²) < 4.78 is 13.1. The molecule has 2 aromatic carbocycles. The lowest BCUT2D eigenvalue weighted by atomic mass is 10.1. The highest BCUT2D eigenvalue weighted by molar-refractivity contribution is 6.30. The average Bonchev–Trinajstić information content (AvgIpc) is 2.48. The Morgan fingerprint density at radius 2 is 2.00 bits per heavy atom.